The number of hydrogen-bond donors (Lipinski definition) is 2. The van der Waals surface area contributed by atoms with Gasteiger partial charge in [0, 0.05) is 54.6 Å². The Morgan fingerprint density at radius 2 is 2.19 bits per heavy atom. The van der Waals surface area contributed by atoms with Gasteiger partial charge < -0.3 is 15.5 Å². The highest BCUT2D eigenvalue weighted by Gasteiger charge is 2.06. The zero-order chi connectivity index (χ0) is 14.8. The minimum Gasteiger partial charge on any atom is -0.409 e. The van der Waals surface area contributed by atoms with Crippen molar-refractivity contribution in [1.29, 1.82) is 0 Å². The third-order valence-corrected chi connectivity index (χ3v) is 3.71. The molecule has 0 saturated heterocycles. The van der Waals surface area contributed by atoms with Crippen LogP contribution in [0.3, 0.4) is 0 Å². The summed E-state index contributed by atoms with van der Waals surface area (Å²) >= 11 is 0. The molecule has 2 aromatic heterocycles. The number of aryl methyl sites for hydroxylation is 3. The number of oxime groups is 1. The lowest BCUT2D eigenvalue weighted by molar-refractivity contribution is 0.318. The first-order valence-electron chi connectivity index (χ1n) is 6.72. The van der Waals surface area contributed by atoms with Crippen LogP contribution in [0, 0.1) is 0 Å². The van der Waals surface area contributed by atoms with Gasteiger partial charge in [-0.15, -0.1) is 0 Å². The van der Waals surface area contributed by atoms with E-state index in [0.717, 1.165) is 29.4 Å². The van der Waals surface area contributed by atoms with Crippen LogP contribution in [0.5, 0.6) is 0 Å². The summed E-state index contributed by atoms with van der Waals surface area (Å²) in [5.74, 6) is 0.125. The van der Waals surface area contributed by atoms with Gasteiger partial charge in [-0.1, -0.05) is 5.16 Å². The Hall–Kier alpha value is -2.76. The molecule has 6 nitrogen and oxygen atoms in total. The predicted molar refractivity (Wildman–Crippen MR) is 81.4 cm³/mol. The number of benzene rings is 1. The second-order valence-electron chi connectivity index (χ2n) is 4.96. The van der Waals surface area contributed by atoms with Crippen molar-refractivity contribution in [3.63, 3.8) is 0 Å². The molecule has 0 bridgehead atoms. The van der Waals surface area contributed by atoms with Gasteiger partial charge in [0.05, 0.1) is 0 Å². The van der Waals surface area contributed by atoms with E-state index in [1.807, 2.05) is 48.3 Å². The van der Waals surface area contributed by atoms with E-state index >= 15 is 0 Å². The van der Waals surface area contributed by atoms with Gasteiger partial charge in [-0.05, 0) is 30.3 Å². The molecule has 108 valence electrons. The molecular formula is C15H17N5O. The summed E-state index contributed by atoms with van der Waals surface area (Å²) in [6.45, 7) is 0.881. The number of aromatic nitrogens is 3. The Morgan fingerprint density at radius 1 is 1.33 bits per heavy atom. The number of hydrogen-bond acceptors (Lipinski definition) is 3. The number of nitrogens with zero attached hydrogens (tertiary/aromatic N) is 4. The molecule has 0 amide bonds. The Balaban J connectivity index is 1.85. The van der Waals surface area contributed by atoms with Crippen molar-refractivity contribution >= 4 is 16.7 Å². The quantitative estimate of drug-likeness (QED) is 0.331. The van der Waals surface area contributed by atoms with E-state index < -0.39 is 0 Å². The Bertz CT molecular complexity index is 799. The molecule has 21 heavy (non-hydrogen) atoms. The van der Waals surface area contributed by atoms with Gasteiger partial charge in [0.25, 0.3) is 0 Å². The molecule has 3 N–H and O–H groups in total. The fourth-order valence-electron chi connectivity index (χ4n) is 2.49. The fourth-order valence-corrected chi connectivity index (χ4v) is 2.49. The molecule has 0 aliphatic heterocycles. The normalized spacial score (nSPS) is 12.1. The van der Waals surface area contributed by atoms with E-state index in [9.17, 15) is 0 Å². The summed E-state index contributed by atoms with van der Waals surface area (Å²) in [5.41, 5.74) is 8.66. The highest BCUT2D eigenvalue weighted by Crippen LogP contribution is 2.18. The highest BCUT2D eigenvalue weighted by molar-refractivity contribution is 6.00. The van der Waals surface area contributed by atoms with Crippen LogP contribution in [0.25, 0.3) is 10.9 Å². The van der Waals surface area contributed by atoms with Crippen LogP contribution in [-0.4, -0.2) is 25.4 Å². The SMILES string of the molecule is Cn1nccc1CCn1ccc2cc(/C(N)=N/O)ccc21. The lowest BCUT2D eigenvalue weighted by atomic mass is 10.1. The minimum absolute atomic E-state index is 0.125. The van der Waals surface area contributed by atoms with Crippen LogP contribution in [0.4, 0.5) is 0 Å². The predicted octanol–water partition coefficient (Wildman–Crippen LogP) is 1.71. The van der Waals surface area contributed by atoms with E-state index in [0.29, 0.717) is 0 Å². The fraction of sp³-hybridized carbons (Fsp3) is 0.200. The van der Waals surface area contributed by atoms with Gasteiger partial charge >= 0.3 is 0 Å². The van der Waals surface area contributed by atoms with Crippen molar-refractivity contribution in [1.82, 2.24) is 14.3 Å². The average molecular weight is 283 g/mol. The maximum Gasteiger partial charge on any atom is 0.170 e. The summed E-state index contributed by atoms with van der Waals surface area (Å²) in [6.07, 6.45) is 4.78. The molecule has 0 aliphatic rings. The smallest absolute Gasteiger partial charge is 0.170 e. The Labute approximate surface area is 122 Å². The molecule has 0 radical (unpaired) electrons. The molecule has 0 saturated carbocycles. The van der Waals surface area contributed by atoms with Gasteiger partial charge in [0.2, 0.25) is 0 Å². The van der Waals surface area contributed by atoms with Crippen LogP contribution in [0.15, 0.2) is 47.9 Å². The third kappa shape index (κ3) is 2.47. The summed E-state index contributed by atoms with van der Waals surface area (Å²) < 4.78 is 4.08. The average Bonchev–Trinajstić information content (AvgIpc) is 3.09. The molecule has 0 atom stereocenters. The van der Waals surface area contributed by atoms with Gasteiger partial charge in [-0.3, -0.25) is 4.68 Å². The first-order chi connectivity index (χ1) is 10.2. The van der Waals surface area contributed by atoms with Crippen molar-refractivity contribution in [2.24, 2.45) is 17.9 Å². The van der Waals surface area contributed by atoms with Gasteiger partial charge in [-0.2, -0.15) is 5.10 Å². The summed E-state index contributed by atoms with van der Waals surface area (Å²) in [4.78, 5) is 0. The molecule has 6 heteroatoms. The van der Waals surface area contributed by atoms with Crippen molar-refractivity contribution < 1.29 is 5.21 Å². The molecule has 3 aromatic rings. The van der Waals surface area contributed by atoms with Crippen molar-refractivity contribution in [2.75, 3.05) is 0 Å². The molecule has 2 heterocycles. The Morgan fingerprint density at radius 3 is 2.90 bits per heavy atom. The van der Waals surface area contributed by atoms with E-state index in [2.05, 4.69) is 21.0 Å². The third-order valence-electron chi connectivity index (χ3n) is 3.71. The number of amidine groups is 1. The van der Waals surface area contributed by atoms with Crippen LogP contribution in [0.2, 0.25) is 0 Å². The zero-order valence-corrected chi connectivity index (χ0v) is 11.8. The number of fused-ring (bicyclic) bond motifs is 1. The maximum absolute atomic E-state index is 8.73. The van der Waals surface area contributed by atoms with Crippen LogP contribution in [-0.2, 0) is 20.0 Å². The van der Waals surface area contributed by atoms with E-state index in [1.54, 1.807) is 0 Å². The van der Waals surface area contributed by atoms with Crippen molar-refractivity contribution in [3.05, 3.63) is 54.0 Å². The van der Waals surface area contributed by atoms with E-state index in [1.165, 1.54) is 5.69 Å². The summed E-state index contributed by atoms with van der Waals surface area (Å²) in [6, 6.07) is 9.84. The summed E-state index contributed by atoms with van der Waals surface area (Å²) in [5, 5.41) is 17.0. The molecule has 0 fully saturated rings. The van der Waals surface area contributed by atoms with Gasteiger partial charge in [0.15, 0.2) is 5.84 Å². The van der Waals surface area contributed by atoms with E-state index in [4.69, 9.17) is 10.9 Å². The van der Waals surface area contributed by atoms with Crippen LogP contribution < -0.4 is 5.73 Å². The second kappa shape index (κ2) is 5.32. The highest BCUT2D eigenvalue weighted by atomic mass is 16.4. The number of rotatable bonds is 4. The van der Waals surface area contributed by atoms with Gasteiger partial charge in [0.1, 0.15) is 0 Å². The maximum atomic E-state index is 8.73. The van der Waals surface area contributed by atoms with Crippen LogP contribution in [0.1, 0.15) is 11.3 Å². The minimum atomic E-state index is 0.125. The summed E-state index contributed by atoms with van der Waals surface area (Å²) in [7, 11) is 1.95. The largest absolute Gasteiger partial charge is 0.409 e. The zero-order valence-electron chi connectivity index (χ0n) is 11.8. The van der Waals surface area contributed by atoms with Crippen molar-refractivity contribution in [3.8, 4) is 0 Å². The lowest BCUT2D eigenvalue weighted by Crippen LogP contribution is -2.12. The standard InChI is InChI=1S/C15H17N5O/c1-19-13(4-7-17-19)6-9-20-8-5-11-10-12(15(16)18-21)2-3-14(11)20/h2-5,7-8,10,21H,6,9H2,1H3,(H2,16,18). The molecule has 0 aliphatic carbocycles. The second-order valence-corrected chi connectivity index (χ2v) is 4.96. The molecule has 3 rings (SSSR count). The molecule has 1 aromatic carbocycles. The topological polar surface area (TPSA) is 81.4 Å². The van der Waals surface area contributed by atoms with Crippen molar-refractivity contribution in [2.45, 2.75) is 13.0 Å². The van der Waals surface area contributed by atoms with Crippen LogP contribution >= 0.6 is 0 Å². The first kappa shape index (κ1) is 13.2. The van der Waals surface area contributed by atoms with Gasteiger partial charge in [-0.25, -0.2) is 0 Å². The first-order valence-corrected chi connectivity index (χ1v) is 6.72. The van der Waals surface area contributed by atoms with E-state index in [-0.39, 0.29) is 5.84 Å². The number of nitrogens with two attached hydrogens (primary N) is 1. The Kier molecular flexibility index (Phi) is 3.35. The molecule has 0 unspecified atom stereocenters. The molecular weight excluding hydrogens is 266 g/mol. The molecule has 0 spiro atoms. The lowest BCUT2D eigenvalue weighted by Gasteiger charge is -2.06. The monoisotopic (exact) mass is 283 g/mol.